The first-order valence-corrected chi connectivity index (χ1v) is 10.7. The molecule has 4 aromatic rings. The normalized spacial score (nSPS) is 12.4. The van der Waals surface area contributed by atoms with Crippen molar-refractivity contribution in [3.05, 3.63) is 83.2 Å². The Labute approximate surface area is 197 Å². The highest BCUT2D eigenvalue weighted by Crippen LogP contribution is 2.28. The predicted molar refractivity (Wildman–Crippen MR) is 123 cm³/mol. The van der Waals surface area contributed by atoms with Gasteiger partial charge in [-0.3, -0.25) is 14.4 Å². The minimum absolute atomic E-state index is 0.0326. The van der Waals surface area contributed by atoms with E-state index in [1.807, 2.05) is 0 Å². The van der Waals surface area contributed by atoms with Crippen molar-refractivity contribution in [1.29, 1.82) is 0 Å². The second-order valence-corrected chi connectivity index (χ2v) is 7.81. The molecular weight excluding hydrogens is 455 g/mol. The van der Waals surface area contributed by atoms with Gasteiger partial charge in [0.15, 0.2) is 12.3 Å². The van der Waals surface area contributed by atoms with Crippen LogP contribution in [0.15, 0.2) is 55.0 Å². The van der Waals surface area contributed by atoms with Crippen molar-refractivity contribution in [1.82, 2.24) is 25.6 Å². The fourth-order valence-corrected chi connectivity index (χ4v) is 3.67. The maximum Gasteiger partial charge on any atom is 0.272 e. The second-order valence-electron chi connectivity index (χ2n) is 7.81. The monoisotopic (exact) mass is 474 g/mol. The smallest absolute Gasteiger partial charge is 0.272 e. The number of hydrogen-bond donors (Lipinski definition) is 4. The summed E-state index contributed by atoms with van der Waals surface area (Å²) in [7, 11) is 0. The standard InChI is InChI=1S/C24H19FN6O4/c25-15-4-1-13(2-5-15)8-27-23(33)16-10-26-21-20(16)29-12-30-22(21)24(34)28-9-14-3-6-18-17(7-14)31-19(32)11-35-18/h1-7,10,12,26H,8-9,11H2,(H,27,33)(H,28,34)(H,31,32). The van der Waals surface area contributed by atoms with Crippen LogP contribution in [0.2, 0.25) is 0 Å². The third-order valence-electron chi connectivity index (χ3n) is 5.42. The van der Waals surface area contributed by atoms with Crippen LogP contribution in [0.25, 0.3) is 11.0 Å². The minimum atomic E-state index is -0.462. The Morgan fingerprint density at radius 1 is 1.00 bits per heavy atom. The Hall–Kier alpha value is -4.80. The highest BCUT2D eigenvalue weighted by molar-refractivity contribution is 6.10. The third-order valence-corrected chi connectivity index (χ3v) is 5.42. The molecule has 11 heteroatoms. The zero-order valence-electron chi connectivity index (χ0n) is 18.2. The quantitative estimate of drug-likeness (QED) is 0.338. The van der Waals surface area contributed by atoms with Gasteiger partial charge in [0.25, 0.3) is 17.7 Å². The summed E-state index contributed by atoms with van der Waals surface area (Å²) < 4.78 is 18.4. The van der Waals surface area contributed by atoms with Gasteiger partial charge < -0.3 is 25.7 Å². The van der Waals surface area contributed by atoms with Gasteiger partial charge in [-0.25, -0.2) is 14.4 Å². The van der Waals surface area contributed by atoms with Crippen LogP contribution in [-0.4, -0.2) is 39.3 Å². The molecule has 0 atom stereocenters. The number of carbonyl (C=O) groups is 3. The summed E-state index contributed by atoms with van der Waals surface area (Å²) >= 11 is 0. The Morgan fingerprint density at radius 2 is 1.74 bits per heavy atom. The van der Waals surface area contributed by atoms with Gasteiger partial charge >= 0.3 is 0 Å². The van der Waals surface area contributed by atoms with Crippen molar-refractivity contribution in [3.8, 4) is 5.75 Å². The molecular formula is C24H19FN6O4. The molecule has 0 bridgehead atoms. The number of rotatable bonds is 6. The van der Waals surface area contributed by atoms with Crippen LogP contribution in [0.5, 0.6) is 5.75 Å². The lowest BCUT2D eigenvalue weighted by atomic mass is 10.1. The molecule has 1 aliphatic heterocycles. The predicted octanol–water partition coefficient (Wildman–Crippen LogP) is 2.29. The van der Waals surface area contributed by atoms with Gasteiger partial charge in [-0.15, -0.1) is 0 Å². The number of hydrogen-bond acceptors (Lipinski definition) is 6. The number of anilines is 1. The summed E-state index contributed by atoms with van der Waals surface area (Å²) in [6.07, 6.45) is 2.68. The molecule has 5 rings (SSSR count). The number of fused-ring (bicyclic) bond motifs is 2. The van der Waals surface area contributed by atoms with Crippen molar-refractivity contribution in [2.75, 3.05) is 11.9 Å². The van der Waals surface area contributed by atoms with E-state index in [2.05, 4.69) is 30.9 Å². The zero-order valence-corrected chi connectivity index (χ0v) is 18.2. The molecule has 10 nitrogen and oxygen atoms in total. The highest BCUT2D eigenvalue weighted by atomic mass is 19.1. The van der Waals surface area contributed by atoms with Crippen molar-refractivity contribution in [3.63, 3.8) is 0 Å². The van der Waals surface area contributed by atoms with Crippen LogP contribution in [0.1, 0.15) is 32.0 Å². The molecule has 3 heterocycles. The Balaban J connectivity index is 1.28. The van der Waals surface area contributed by atoms with E-state index in [4.69, 9.17) is 4.74 Å². The van der Waals surface area contributed by atoms with E-state index >= 15 is 0 Å². The van der Waals surface area contributed by atoms with Crippen molar-refractivity contribution < 1.29 is 23.5 Å². The Bertz CT molecular complexity index is 1450. The molecule has 0 fully saturated rings. The molecule has 1 aliphatic rings. The number of aromatic amines is 1. The van der Waals surface area contributed by atoms with Gasteiger partial charge in [-0.1, -0.05) is 18.2 Å². The lowest BCUT2D eigenvalue weighted by molar-refractivity contribution is -0.118. The van der Waals surface area contributed by atoms with Crippen LogP contribution in [0, 0.1) is 5.82 Å². The SMILES string of the molecule is O=C1COc2ccc(CNC(=O)c3ncnc4c(C(=O)NCc5ccc(F)cc5)c[nH]c34)cc2N1. The Morgan fingerprint density at radius 3 is 2.57 bits per heavy atom. The van der Waals surface area contributed by atoms with Gasteiger partial charge in [-0.2, -0.15) is 0 Å². The van der Waals surface area contributed by atoms with Gasteiger partial charge in [0, 0.05) is 19.3 Å². The number of nitrogens with one attached hydrogen (secondary N) is 4. The molecule has 2 aromatic carbocycles. The van der Waals surface area contributed by atoms with Gasteiger partial charge in [0.05, 0.1) is 16.8 Å². The molecule has 2 aromatic heterocycles. The first kappa shape index (κ1) is 22.0. The average molecular weight is 474 g/mol. The van der Waals surface area contributed by atoms with Crippen LogP contribution in [0.3, 0.4) is 0 Å². The summed E-state index contributed by atoms with van der Waals surface area (Å²) in [6, 6.07) is 11.0. The van der Waals surface area contributed by atoms with Crippen molar-refractivity contribution >= 4 is 34.4 Å². The van der Waals surface area contributed by atoms with Crippen LogP contribution in [-0.2, 0) is 17.9 Å². The number of benzene rings is 2. The molecule has 176 valence electrons. The number of amides is 3. The topological polar surface area (TPSA) is 138 Å². The summed E-state index contributed by atoms with van der Waals surface area (Å²) in [5, 5.41) is 8.26. The van der Waals surface area contributed by atoms with E-state index in [0.717, 1.165) is 11.1 Å². The van der Waals surface area contributed by atoms with E-state index in [1.54, 1.807) is 30.3 Å². The summed E-state index contributed by atoms with van der Waals surface area (Å²) in [5.74, 6) is -0.897. The number of H-pyrrole nitrogens is 1. The molecule has 35 heavy (non-hydrogen) atoms. The maximum atomic E-state index is 13.1. The van der Waals surface area contributed by atoms with E-state index in [9.17, 15) is 18.8 Å². The average Bonchev–Trinajstić information content (AvgIpc) is 3.31. The maximum absolute atomic E-state index is 13.1. The summed E-state index contributed by atoms with van der Waals surface area (Å²) in [6.45, 7) is 0.352. The first-order valence-electron chi connectivity index (χ1n) is 10.7. The van der Waals surface area contributed by atoms with Crippen LogP contribution < -0.4 is 20.7 Å². The fraction of sp³-hybridized carbons (Fsp3) is 0.125. The molecule has 0 saturated heterocycles. The van der Waals surface area contributed by atoms with Crippen LogP contribution in [0.4, 0.5) is 10.1 Å². The number of nitrogens with zero attached hydrogens (tertiary/aromatic N) is 2. The number of ether oxygens (including phenoxy) is 1. The summed E-state index contributed by atoms with van der Waals surface area (Å²) in [5.41, 5.74) is 2.99. The lowest BCUT2D eigenvalue weighted by Gasteiger charge is -2.18. The van der Waals surface area contributed by atoms with Crippen molar-refractivity contribution in [2.24, 2.45) is 0 Å². The molecule has 0 aliphatic carbocycles. The van der Waals surface area contributed by atoms with E-state index in [0.29, 0.717) is 22.5 Å². The fourth-order valence-electron chi connectivity index (χ4n) is 3.67. The minimum Gasteiger partial charge on any atom is -0.482 e. The number of aromatic nitrogens is 3. The molecule has 0 saturated carbocycles. The van der Waals surface area contributed by atoms with Gasteiger partial charge in [0.2, 0.25) is 0 Å². The lowest BCUT2D eigenvalue weighted by Crippen LogP contribution is -2.26. The second kappa shape index (κ2) is 9.21. The molecule has 4 N–H and O–H groups in total. The third kappa shape index (κ3) is 4.64. The number of carbonyl (C=O) groups excluding carboxylic acids is 3. The summed E-state index contributed by atoms with van der Waals surface area (Å²) in [4.78, 5) is 48.2. The van der Waals surface area contributed by atoms with E-state index in [1.165, 1.54) is 24.7 Å². The first-order chi connectivity index (χ1) is 17.0. The van der Waals surface area contributed by atoms with E-state index in [-0.39, 0.29) is 42.7 Å². The van der Waals surface area contributed by atoms with Crippen molar-refractivity contribution in [2.45, 2.75) is 13.1 Å². The van der Waals surface area contributed by atoms with Gasteiger partial charge in [-0.05, 0) is 35.4 Å². The highest BCUT2D eigenvalue weighted by Gasteiger charge is 2.20. The molecule has 0 spiro atoms. The molecule has 3 amide bonds. The molecule has 0 unspecified atom stereocenters. The van der Waals surface area contributed by atoms with Gasteiger partial charge in [0.1, 0.15) is 23.4 Å². The largest absolute Gasteiger partial charge is 0.482 e. The molecule has 0 radical (unpaired) electrons. The number of halogens is 1. The Kier molecular flexibility index (Phi) is 5.80. The zero-order chi connectivity index (χ0) is 24.4. The van der Waals surface area contributed by atoms with Crippen LogP contribution >= 0.6 is 0 Å². The van der Waals surface area contributed by atoms with E-state index < -0.39 is 11.8 Å².